The second-order valence-electron chi connectivity index (χ2n) is 4.35. The summed E-state index contributed by atoms with van der Waals surface area (Å²) in [6.07, 6.45) is 5.39. The van der Waals surface area contributed by atoms with Crippen molar-refractivity contribution in [3.63, 3.8) is 0 Å². The lowest BCUT2D eigenvalue weighted by atomic mass is 10.0. The number of Topliss-reactive ketones (excluding diaryl/α,β-unsaturated/α-hetero) is 1. The van der Waals surface area contributed by atoms with Crippen LogP contribution >= 0.6 is 0 Å². The topological polar surface area (TPSA) is 48.4 Å². The van der Waals surface area contributed by atoms with Crippen LogP contribution in [-0.4, -0.2) is 30.1 Å². The highest BCUT2D eigenvalue weighted by molar-refractivity contribution is 5.99. The maximum absolute atomic E-state index is 12.3. The molecule has 1 rings (SSSR count). The highest BCUT2D eigenvalue weighted by atomic mass is 16.5. The number of hydrogen-bond acceptors (Lipinski definition) is 4. The second kappa shape index (κ2) is 8.64. The largest absolute Gasteiger partial charge is 0.492 e. The van der Waals surface area contributed by atoms with Crippen LogP contribution in [0.3, 0.4) is 0 Å². The highest BCUT2D eigenvalue weighted by Crippen LogP contribution is 2.16. The van der Waals surface area contributed by atoms with E-state index in [0.717, 1.165) is 19.3 Å². The molecule has 0 saturated carbocycles. The van der Waals surface area contributed by atoms with Gasteiger partial charge in [0.05, 0.1) is 12.8 Å². The van der Waals surface area contributed by atoms with E-state index >= 15 is 0 Å². The summed E-state index contributed by atoms with van der Waals surface area (Å²) in [6.45, 7) is 7.14. The summed E-state index contributed by atoms with van der Waals surface area (Å²) in [5.41, 5.74) is 0.556. The van der Waals surface area contributed by atoms with Gasteiger partial charge in [0.1, 0.15) is 11.9 Å². The zero-order valence-electron chi connectivity index (χ0n) is 12.0. The van der Waals surface area contributed by atoms with E-state index in [1.54, 1.807) is 18.5 Å². The zero-order valence-corrected chi connectivity index (χ0v) is 12.0. The van der Waals surface area contributed by atoms with E-state index in [1.165, 1.54) is 0 Å². The molecule has 0 N–H and O–H groups in total. The summed E-state index contributed by atoms with van der Waals surface area (Å²) in [7, 11) is 0. The maximum atomic E-state index is 12.3. The van der Waals surface area contributed by atoms with Gasteiger partial charge in [-0.3, -0.25) is 9.78 Å². The van der Waals surface area contributed by atoms with Gasteiger partial charge in [0, 0.05) is 18.4 Å². The van der Waals surface area contributed by atoms with Crippen molar-refractivity contribution in [1.29, 1.82) is 0 Å². The third-order valence-corrected chi connectivity index (χ3v) is 2.68. The SMILES string of the molecule is CCCOc1cncc(C(=O)C(CCC)OCC)c1. The molecule has 0 aliphatic heterocycles. The Balaban J connectivity index is 2.78. The van der Waals surface area contributed by atoms with Crippen molar-refractivity contribution < 1.29 is 14.3 Å². The number of carbonyl (C=O) groups excluding carboxylic acids is 1. The number of pyridine rings is 1. The highest BCUT2D eigenvalue weighted by Gasteiger charge is 2.20. The summed E-state index contributed by atoms with van der Waals surface area (Å²) in [5.74, 6) is 0.623. The van der Waals surface area contributed by atoms with Gasteiger partial charge in [-0.2, -0.15) is 0 Å². The van der Waals surface area contributed by atoms with Crippen molar-refractivity contribution in [2.24, 2.45) is 0 Å². The zero-order chi connectivity index (χ0) is 14.1. The Morgan fingerprint density at radius 3 is 2.68 bits per heavy atom. The summed E-state index contributed by atoms with van der Waals surface area (Å²) < 4.78 is 11.0. The van der Waals surface area contributed by atoms with Crippen LogP contribution in [-0.2, 0) is 4.74 Å². The Labute approximate surface area is 115 Å². The van der Waals surface area contributed by atoms with Crippen LogP contribution in [0.15, 0.2) is 18.5 Å². The van der Waals surface area contributed by atoms with Crippen molar-refractivity contribution >= 4 is 5.78 Å². The molecule has 0 saturated heterocycles. The van der Waals surface area contributed by atoms with Gasteiger partial charge in [0.25, 0.3) is 0 Å². The Morgan fingerprint density at radius 2 is 2.05 bits per heavy atom. The standard InChI is InChI=1S/C15H23NO3/c1-4-7-14(18-6-3)15(17)12-9-13(11-16-10-12)19-8-5-2/h9-11,14H,4-8H2,1-3H3. The first kappa shape index (κ1) is 15.6. The van der Waals surface area contributed by atoms with Gasteiger partial charge in [-0.25, -0.2) is 0 Å². The first-order chi connectivity index (χ1) is 9.22. The Kier molecular flexibility index (Phi) is 7.11. The average Bonchev–Trinajstić information content (AvgIpc) is 2.44. The summed E-state index contributed by atoms with van der Waals surface area (Å²) in [5, 5.41) is 0. The molecular formula is C15H23NO3. The van der Waals surface area contributed by atoms with E-state index in [4.69, 9.17) is 9.47 Å². The fraction of sp³-hybridized carbons (Fsp3) is 0.600. The predicted molar refractivity (Wildman–Crippen MR) is 74.7 cm³/mol. The molecule has 0 aliphatic carbocycles. The molecule has 0 fully saturated rings. The van der Waals surface area contributed by atoms with E-state index in [9.17, 15) is 4.79 Å². The molecule has 1 atom stereocenters. The van der Waals surface area contributed by atoms with Crippen molar-refractivity contribution in [2.75, 3.05) is 13.2 Å². The van der Waals surface area contributed by atoms with Crippen LogP contribution in [0.1, 0.15) is 50.4 Å². The lowest BCUT2D eigenvalue weighted by Crippen LogP contribution is -2.24. The molecular weight excluding hydrogens is 242 g/mol. The Bertz CT molecular complexity index is 387. The third-order valence-electron chi connectivity index (χ3n) is 2.68. The van der Waals surface area contributed by atoms with Crippen LogP contribution in [0.4, 0.5) is 0 Å². The van der Waals surface area contributed by atoms with Crippen molar-refractivity contribution in [1.82, 2.24) is 4.98 Å². The number of carbonyl (C=O) groups is 1. The van der Waals surface area contributed by atoms with Gasteiger partial charge in [-0.1, -0.05) is 20.3 Å². The summed E-state index contributed by atoms with van der Waals surface area (Å²) >= 11 is 0. The lowest BCUT2D eigenvalue weighted by Gasteiger charge is -2.15. The maximum Gasteiger partial charge on any atom is 0.193 e. The number of hydrogen-bond donors (Lipinski definition) is 0. The molecule has 0 spiro atoms. The van der Waals surface area contributed by atoms with Crippen molar-refractivity contribution in [3.8, 4) is 5.75 Å². The molecule has 1 unspecified atom stereocenters. The average molecular weight is 265 g/mol. The molecule has 0 bridgehead atoms. The first-order valence-electron chi connectivity index (χ1n) is 6.96. The van der Waals surface area contributed by atoms with Crippen LogP contribution in [0, 0.1) is 0 Å². The monoisotopic (exact) mass is 265 g/mol. The quantitative estimate of drug-likeness (QED) is 0.643. The van der Waals surface area contributed by atoms with Gasteiger partial charge in [-0.05, 0) is 25.8 Å². The van der Waals surface area contributed by atoms with E-state index in [0.29, 0.717) is 24.5 Å². The molecule has 0 aliphatic rings. The van der Waals surface area contributed by atoms with Gasteiger partial charge < -0.3 is 9.47 Å². The van der Waals surface area contributed by atoms with E-state index in [-0.39, 0.29) is 11.9 Å². The molecule has 1 aromatic rings. The first-order valence-corrected chi connectivity index (χ1v) is 6.96. The molecule has 0 amide bonds. The van der Waals surface area contributed by atoms with Crippen LogP contribution < -0.4 is 4.74 Å². The van der Waals surface area contributed by atoms with Gasteiger partial charge >= 0.3 is 0 Å². The minimum absolute atomic E-state index is 0.0156. The number of ether oxygens (including phenoxy) is 2. The van der Waals surface area contributed by atoms with Crippen LogP contribution in [0.2, 0.25) is 0 Å². The van der Waals surface area contributed by atoms with Gasteiger partial charge in [-0.15, -0.1) is 0 Å². The Morgan fingerprint density at radius 1 is 1.26 bits per heavy atom. The third kappa shape index (κ3) is 4.99. The minimum atomic E-state index is -0.377. The summed E-state index contributed by atoms with van der Waals surface area (Å²) in [6, 6.07) is 1.74. The molecule has 0 radical (unpaired) electrons. The smallest absolute Gasteiger partial charge is 0.193 e. The lowest BCUT2D eigenvalue weighted by molar-refractivity contribution is 0.0422. The van der Waals surface area contributed by atoms with Crippen molar-refractivity contribution in [3.05, 3.63) is 24.0 Å². The molecule has 19 heavy (non-hydrogen) atoms. The molecule has 1 heterocycles. The molecule has 0 aromatic carbocycles. The van der Waals surface area contributed by atoms with Crippen LogP contribution in [0.25, 0.3) is 0 Å². The van der Waals surface area contributed by atoms with Crippen LogP contribution in [0.5, 0.6) is 5.75 Å². The summed E-state index contributed by atoms with van der Waals surface area (Å²) in [4.78, 5) is 16.4. The van der Waals surface area contributed by atoms with Crippen molar-refractivity contribution in [2.45, 2.75) is 46.1 Å². The number of aromatic nitrogens is 1. The van der Waals surface area contributed by atoms with Gasteiger partial charge in [0.15, 0.2) is 5.78 Å². The van der Waals surface area contributed by atoms with E-state index < -0.39 is 0 Å². The molecule has 4 heteroatoms. The molecule has 4 nitrogen and oxygen atoms in total. The molecule has 1 aromatic heterocycles. The number of rotatable bonds is 9. The normalized spacial score (nSPS) is 12.2. The Hall–Kier alpha value is -1.42. The fourth-order valence-electron chi connectivity index (χ4n) is 1.79. The number of ketones is 1. The molecule has 106 valence electrons. The van der Waals surface area contributed by atoms with E-state index in [1.807, 2.05) is 20.8 Å². The minimum Gasteiger partial charge on any atom is -0.492 e. The predicted octanol–water partition coefficient (Wildman–Crippen LogP) is 3.26. The van der Waals surface area contributed by atoms with Gasteiger partial charge in [0.2, 0.25) is 0 Å². The van der Waals surface area contributed by atoms with E-state index in [2.05, 4.69) is 4.98 Å². The fourth-order valence-corrected chi connectivity index (χ4v) is 1.79. The number of nitrogens with zero attached hydrogens (tertiary/aromatic N) is 1. The second-order valence-corrected chi connectivity index (χ2v) is 4.35.